The largest absolute Gasteiger partial charge is 0.460 e. The molecule has 1 unspecified atom stereocenters. The number of aliphatic hydroxyl groups excluding tert-OH is 2. The van der Waals surface area contributed by atoms with E-state index in [1.165, 1.54) is 12.0 Å². The highest BCUT2D eigenvalue weighted by Gasteiger charge is 2.53. The lowest BCUT2D eigenvalue weighted by molar-refractivity contribution is -0.265. The van der Waals surface area contributed by atoms with Crippen LogP contribution in [0.3, 0.4) is 0 Å². The number of methoxy groups -OCH3 is 3. The molecule has 0 aromatic heterocycles. The minimum Gasteiger partial charge on any atom is -0.460 e. The van der Waals surface area contributed by atoms with Crippen molar-refractivity contribution in [3.8, 4) is 0 Å². The molecule has 4 aliphatic rings. The lowest BCUT2D eigenvalue weighted by atomic mass is 9.78. The summed E-state index contributed by atoms with van der Waals surface area (Å²) in [6, 6.07) is -1.14. The molecule has 14 nitrogen and oxygen atoms in total. The van der Waals surface area contributed by atoms with Gasteiger partial charge < -0.3 is 43.9 Å². The van der Waals surface area contributed by atoms with Gasteiger partial charge in [0.25, 0.3) is 11.7 Å². The number of allylic oxidation sites excluding steroid dienone is 6. The molecular formula is C51H79NO13. The molecule has 3 heterocycles. The Balaban J connectivity index is 1.70. The molecular weight excluding hydrogens is 835 g/mol. The molecule has 3 fully saturated rings. The third-order valence-electron chi connectivity index (χ3n) is 14.5. The highest BCUT2D eigenvalue weighted by molar-refractivity contribution is 6.39. The maximum Gasteiger partial charge on any atom is 0.329 e. The zero-order valence-electron chi connectivity index (χ0n) is 40.6. The van der Waals surface area contributed by atoms with E-state index >= 15 is 0 Å². The first-order chi connectivity index (χ1) is 30.7. The topological polar surface area (TPSA) is 195 Å². The van der Waals surface area contributed by atoms with Crippen LogP contribution >= 0.6 is 0 Å². The number of carbonyl (C=O) groups is 5. The van der Waals surface area contributed by atoms with Crippen molar-refractivity contribution in [1.82, 2.24) is 4.90 Å². The van der Waals surface area contributed by atoms with Gasteiger partial charge in [0.2, 0.25) is 5.79 Å². The zero-order chi connectivity index (χ0) is 48.2. The van der Waals surface area contributed by atoms with Gasteiger partial charge in [-0.1, -0.05) is 71.1 Å². The summed E-state index contributed by atoms with van der Waals surface area (Å²) in [6.07, 6.45) is 11.2. The molecule has 3 aliphatic heterocycles. The number of cyclic esters (lactones) is 1. The summed E-state index contributed by atoms with van der Waals surface area (Å²) in [7, 11) is 4.52. The number of hydrogen-bond acceptors (Lipinski definition) is 13. The lowest BCUT2D eigenvalue weighted by Crippen LogP contribution is -2.61. The maximum absolute atomic E-state index is 14.4. The van der Waals surface area contributed by atoms with Gasteiger partial charge in [0.15, 0.2) is 5.78 Å². The van der Waals surface area contributed by atoms with Crippen LogP contribution in [-0.2, 0) is 47.7 Å². The van der Waals surface area contributed by atoms with E-state index in [1.54, 1.807) is 41.1 Å². The number of ether oxygens (including phenoxy) is 5. The zero-order valence-corrected chi connectivity index (χ0v) is 40.6. The number of ketones is 3. The second-order valence-electron chi connectivity index (χ2n) is 19.6. The molecule has 2 bridgehead atoms. The number of hydrogen-bond donors (Lipinski definition) is 3. The summed E-state index contributed by atoms with van der Waals surface area (Å²) in [6.45, 7) is 12.7. The monoisotopic (exact) mass is 914 g/mol. The lowest BCUT2D eigenvalue weighted by Gasteiger charge is -2.42. The Hall–Kier alpha value is -3.37. The van der Waals surface area contributed by atoms with E-state index < -0.39 is 83.9 Å². The van der Waals surface area contributed by atoms with Crippen LogP contribution in [0.1, 0.15) is 126 Å². The van der Waals surface area contributed by atoms with E-state index in [0.29, 0.717) is 63.4 Å². The van der Waals surface area contributed by atoms with Crippen molar-refractivity contribution in [2.24, 2.45) is 35.5 Å². The molecule has 366 valence electrons. The molecule has 0 aromatic carbocycles. The van der Waals surface area contributed by atoms with Crippen molar-refractivity contribution in [3.05, 3.63) is 47.6 Å². The van der Waals surface area contributed by atoms with Gasteiger partial charge in [-0.25, -0.2) is 4.79 Å². The van der Waals surface area contributed by atoms with E-state index in [9.17, 15) is 39.3 Å². The molecule has 0 radical (unpaired) electrons. The van der Waals surface area contributed by atoms with E-state index in [2.05, 4.69) is 0 Å². The molecule has 0 spiro atoms. The average Bonchev–Trinajstić information content (AvgIpc) is 3.28. The van der Waals surface area contributed by atoms with E-state index in [1.807, 2.05) is 58.1 Å². The Labute approximate surface area is 387 Å². The van der Waals surface area contributed by atoms with Crippen molar-refractivity contribution in [3.63, 3.8) is 0 Å². The fourth-order valence-electron chi connectivity index (χ4n) is 10.1. The van der Waals surface area contributed by atoms with Crippen LogP contribution in [-0.4, -0.2) is 132 Å². The fourth-order valence-corrected chi connectivity index (χ4v) is 10.1. The predicted octanol–water partition coefficient (Wildman–Crippen LogP) is 6.18. The smallest absolute Gasteiger partial charge is 0.329 e. The standard InChI is InChI=1S/C51H79NO13/c1-30-16-12-11-13-17-31(2)42(61-8)28-38-21-19-36(7)51(60,65-38)48(57)49(58)52-23-15-14-18-39(52)50(59)64-43(33(4)26-37-20-22-40(53)44(27-37)62-9)29-41(54)32(3)25-35(6)46(56)47(63-10)45(55)34(5)24-30/h11-13,16-17,25,30,32-34,36-40,42-44,46-47,53,56,60H,14-15,18-24,26-29H2,1-10H3/b13-11+,16-12+,31-17+,35-25+/t30-,32-,33-,34-,36-,37+,38+,39+,40-,42+,43+,44-,46-,47?,51-/m1/s1. The first kappa shape index (κ1) is 54.2. The van der Waals surface area contributed by atoms with Crippen LogP contribution in [0.2, 0.25) is 0 Å². The van der Waals surface area contributed by atoms with Gasteiger partial charge in [-0.15, -0.1) is 0 Å². The number of aliphatic hydroxyl groups is 3. The Morgan fingerprint density at radius 3 is 2.25 bits per heavy atom. The van der Waals surface area contributed by atoms with Crippen molar-refractivity contribution < 1.29 is 63.0 Å². The van der Waals surface area contributed by atoms with Crippen molar-refractivity contribution >= 4 is 29.2 Å². The van der Waals surface area contributed by atoms with Crippen molar-refractivity contribution in [1.29, 1.82) is 0 Å². The third kappa shape index (κ3) is 14.3. The SMILES string of the molecule is COC1C(=O)[C@H](C)C[C@H](C)/C=C/C=C/C=C(\C)[C@@H](OC)C[C@@H]2CC[C@@H](C)[C@@](O)(O2)C(=O)C(=O)N2CCCC[C@H]2C(=O)O[C@H]([C@H](C)C[C@@H]2CC[C@@H](O)[C@H](OC)C2)CC(=O)[C@H](C)/C=C(\C)[C@H]1O. The van der Waals surface area contributed by atoms with Crippen molar-refractivity contribution in [2.45, 2.75) is 180 Å². The second kappa shape index (κ2) is 25.1. The van der Waals surface area contributed by atoms with Gasteiger partial charge in [-0.2, -0.15) is 0 Å². The maximum atomic E-state index is 14.4. The number of Topliss-reactive ketones (excluding diaryl/α,β-unsaturated/α-hetero) is 3. The molecule has 1 amide bonds. The summed E-state index contributed by atoms with van der Waals surface area (Å²) in [5.41, 5.74) is 1.27. The fraction of sp³-hybridized carbons (Fsp3) is 0.745. The van der Waals surface area contributed by atoms with Gasteiger partial charge in [0.1, 0.15) is 30.1 Å². The van der Waals surface area contributed by atoms with E-state index in [-0.39, 0.29) is 54.8 Å². The molecule has 15 atom stereocenters. The first-order valence-electron chi connectivity index (χ1n) is 23.9. The second-order valence-corrected chi connectivity index (χ2v) is 19.6. The summed E-state index contributed by atoms with van der Waals surface area (Å²) in [4.78, 5) is 71.8. The number of fused-ring (bicyclic) bond motifs is 3. The number of carbonyl (C=O) groups excluding carboxylic acids is 5. The quantitative estimate of drug-likeness (QED) is 0.156. The van der Waals surface area contributed by atoms with Crippen LogP contribution in [0.25, 0.3) is 0 Å². The molecule has 65 heavy (non-hydrogen) atoms. The number of piperidine rings is 1. The summed E-state index contributed by atoms with van der Waals surface area (Å²) in [5.74, 6) is -7.96. The third-order valence-corrected chi connectivity index (χ3v) is 14.5. The van der Waals surface area contributed by atoms with Gasteiger partial charge in [0.05, 0.1) is 24.4 Å². The highest BCUT2D eigenvalue weighted by atomic mass is 16.6. The Morgan fingerprint density at radius 2 is 1.57 bits per heavy atom. The van der Waals surface area contributed by atoms with Crippen LogP contribution in [0.15, 0.2) is 47.6 Å². The molecule has 4 rings (SSSR count). The highest BCUT2D eigenvalue weighted by Crippen LogP contribution is 2.38. The van der Waals surface area contributed by atoms with Crippen LogP contribution in [0.5, 0.6) is 0 Å². The summed E-state index contributed by atoms with van der Waals surface area (Å²) in [5, 5.41) is 33.8. The molecule has 1 saturated carbocycles. The predicted molar refractivity (Wildman–Crippen MR) is 245 cm³/mol. The Bertz CT molecular complexity index is 1760. The van der Waals surface area contributed by atoms with Gasteiger partial charge >= 0.3 is 5.97 Å². The van der Waals surface area contributed by atoms with E-state index in [4.69, 9.17) is 23.7 Å². The van der Waals surface area contributed by atoms with Gasteiger partial charge in [-0.05, 0) is 107 Å². The Morgan fingerprint density at radius 1 is 0.846 bits per heavy atom. The van der Waals surface area contributed by atoms with Crippen LogP contribution in [0, 0.1) is 35.5 Å². The van der Waals surface area contributed by atoms with Gasteiger partial charge in [-0.3, -0.25) is 19.2 Å². The molecule has 0 aromatic rings. The molecule has 2 saturated heterocycles. The average molecular weight is 914 g/mol. The summed E-state index contributed by atoms with van der Waals surface area (Å²) >= 11 is 0. The molecule has 1 aliphatic carbocycles. The Kier molecular flexibility index (Phi) is 21.0. The molecule has 3 N–H and O–H groups in total. The van der Waals surface area contributed by atoms with E-state index in [0.717, 1.165) is 12.0 Å². The van der Waals surface area contributed by atoms with Crippen LogP contribution in [0.4, 0.5) is 0 Å². The van der Waals surface area contributed by atoms with Crippen molar-refractivity contribution in [2.75, 3.05) is 27.9 Å². The number of esters is 1. The minimum atomic E-state index is -2.43. The normalized spacial score (nSPS) is 40.4. The number of nitrogens with zero attached hydrogens (tertiary/aromatic N) is 1. The minimum absolute atomic E-state index is 0.0193. The summed E-state index contributed by atoms with van der Waals surface area (Å²) < 4.78 is 29.4. The molecule has 14 heteroatoms. The van der Waals surface area contributed by atoms with Crippen LogP contribution < -0.4 is 0 Å². The van der Waals surface area contributed by atoms with Gasteiger partial charge in [0, 0.05) is 58.5 Å². The number of rotatable bonds is 6. The first-order valence-corrected chi connectivity index (χ1v) is 23.9. The number of amides is 1.